The third kappa shape index (κ3) is 1.73. The lowest BCUT2D eigenvalue weighted by atomic mass is 9.74. The van der Waals surface area contributed by atoms with E-state index in [1.807, 2.05) is 0 Å². The van der Waals surface area contributed by atoms with Crippen molar-refractivity contribution >= 4 is 0 Å². The number of hydrogen-bond acceptors (Lipinski definition) is 3. The highest BCUT2D eigenvalue weighted by atomic mass is 16.5. The van der Waals surface area contributed by atoms with Gasteiger partial charge in [-0.25, -0.2) is 0 Å². The predicted molar refractivity (Wildman–Crippen MR) is 52.6 cm³/mol. The molecule has 2 N–H and O–H groups in total. The first-order valence-electron chi connectivity index (χ1n) is 4.86. The van der Waals surface area contributed by atoms with Gasteiger partial charge in [0.15, 0.2) is 0 Å². The summed E-state index contributed by atoms with van der Waals surface area (Å²) in [5.41, 5.74) is 5.88. The van der Waals surface area contributed by atoms with Gasteiger partial charge in [-0.2, -0.15) is 0 Å². The molecule has 0 spiro atoms. The van der Waals surface area contributed by atoms with E-state index in [1.54, 1.807) is 7.11 Å². The number of hydrogen-bond donors (Lipinski definition) is 1. The Kier molecular flexibility index (Phi) is 3.00. The van der Waals surface area contributed by atoms with Crippen molar-refractivity contribution in [3.8, 4) is 0 Å². The molecule has 2 unspecified atom stereocenters. The Morgan fingerprint density at radius 2 is 2.15 bits per heavy atom. The first kappa shape index (κ1) is 11.0. The molecule has 0 aromatic rings. The minimum absolute atomic E-state index is 0.231. The summed E-state index contributed by atoms with van der Waals surface area (Å²) in [6.45, 7) is 7.71. The van der Waals surface area contributed by atoms with Crippen molar-refractivity contribution in [1.82, 2.24) is 0 Å². The highest BCUT2D eigenvalue weighted by molar-refractivity contribution is 5.06. The van der Waals surface area contributed by atoms with Gasteiger partial charge in [0.1, 0.15) is 0 Å². The molecular formula is C10H21NO2. The average molecular weight is 187 g/mol. The van der Waals surface area contributed by atoms with E-state index in [0.717, 1.165) is 13.0 Å². The van der Waals surface area contributed by atoms with Crippen LogP contribution in [0.25, 0.3) is 0 Å². The average Bonchev–Trinajstić information content (AvgIpc) is 2.28. The standard InChI is InChI=1S/C10H21NO2/c1-8(7-12-4)10(11)5-6-13-9(10,2)3/h8H,5-7,11H2,1-4H3. The third-order valence-electron chi connectivity index (χ3n) is 3.40. The molecule has 78 valence electrons. The van der Waals surface area contributed by atoms with Crippen LogP contribution < -0.4 is 5.73 Å². The van der Waals surface area contributed by atoms with Gasteiger partial charge < -0.3 is 15.2 Å². The van der Waals surface area contributed by atoms with Gasteiger partial charge in [-0.15, -0.1) is 0 Å². The van der Waals surface area contributed by atoms with Gasteiger partial charge in [0, 0.05) is 19.6 Å². The van der Waals surface area contributed by atoms with Crippen molar-refractivity contribution < 1.29 is 9.47 Å². The number of rotatable bonds is 3. The first-order chi connectivity index (χ1) is 5.94. The molecule has 3 nitrogen and oxygen atoms in total. The maximum absolute atomic E-state index is 6.36. The minimum Gasteiger partial charge on any atom is -0.384 e. The lowest BCUT2D eigenvalue weighted by molar-refractivity contribution is -0.0271. The fraction of sp³-hybridized carbons (Fsp3) is 1.00. The second-order valence-corrected chi connectivity index (χ2v) is 4.51. The van der Waals surface area contributed by atoms with Crippen LogP contribution in [0.3, 0.4) is 0 Å². The van der Waals surface area contributed by atoms with E-state index >= 15 is 0 Å². The van der Waals surface area contributed by atoms with Crippen LogP contribution in [-0.2, 0) is 9.47 Å². The molecular weight excluding hydrogens is 166 g/mol. The zero-order chi connectivity index (χ0) is 10.1. The maximum atomic E-state index is 6.36. The molecule has 0 bridgehead atoms. The summed E-state index contributed by atoms with van der Waals surface area (Å²) in [4.78, 5) is 0. The highest BCUT2D eigenvalue weighted by Gasteiger charge is 2.50. The molecule has 1 heterocycles. The molecule has 1 aliphatic heterocycles. The van der Waals surface area contributed by atoms with Crippen LogP contribution in [0, 0.1) is 5.92 Å². The highest BCUT2D eigenvalue weighted by Crippen LogP contribution is 2.38. The van der Waals surface area contributed by atoms with Crippen molar-refractivity contribution in [2.75, 3.05) is 20.3 Å². The van der Waals surface area contributed by atoms with Gasteiger partial charge >= 0.3 is 0 Å². The summed E-state index contributed by atoms with van der Waals surface area (Å²) in [6, 6.07) is 0. The van der Waals surface area contributed by atoms with E-state index in [-0.39, 0.29) is 11.1 Å². The third-order valence-corrected chi connectivity index (χ3v) is 3.40. The van der Waals surface area contributed by atoms with Crippen LogP contribution in [-0.4, -0.2) is 31.5 Å². The van der Waals surface area contributed by atoms with Crippen LogP contribution >= 0.6 is 0 Å². The van der Waals surface area contributed by atoms with Gasteiger partial charge in [-0.05, 0) is 20.3 Å². The topological polar surface area (TPSA) is 44.5 Å². The van der Waals surface area contributed by atoms with Gasteiger partial charge in [-0.1, -0.05) is 6.92 Å². The Morgan fingerprint density at radius 1 is 1.54 bits per heavy atom. The smallest absolute Gasteiger partial charge is 0.0809 e. The van der Waals surface area contributed by atoms with Gasteiger partial charge in [0.2, 0.25) is 0 Å². The Balaban J connectivity index is 2.74. The Morgan fingerprint density at radius 3 is 2.54 bits per heavy atom. The fourth-order valence-electron chi connectivity index (χ4n) is 2.15. The first-order valence-corrected chi connectivity index (χ1v) is 4.86. The van der Waals surface area contributed by atoms with E-state index in [4.69, 9.17) is 15.2 Å². The zero-order valence-electron chi connectivity index (χ0n) is 9.09. The number of methoxy groups -OCH3 is 1. The zero-order valence-corrected chi connectivity index (χ0v) is 9.09. The molecule has 0 saturated carbocycles. The van der Waals surface area contributed by atoms with E-state index in [0.29, 0.717) is 12.5 Å². The Labute approximate surface area is 80.6 Å². The molecule has 0 radical (unpaired) electrons. The van der Waals surface area contributed by atoms with E-state index < -0.39 is 0 Å². The predicted octanol–water partition coefficient (Wildman–Crippen LogP) is 1.17. The van der Waals surface area contributed by atoms with E-state index in [2.05, 4.69) is 20.8 Å². The van der Waals surface area contributed by atoms with Crippen LogP contribution in [0.1, 0.15) is 27.2 Å². The van der Waals surface area contributed by atoms with Crippen molar-refractivity contribution in [3.05, 3.63) is 0 Å². The maximum Gasteiger partial charge on any atom is 0.0809 e. The van der Waals surface area contributed by atoms with Crippen LogP contribution in [0.4, 0.5) is 0 Å². The molecule has 0 aromatic carbocycles. The molecule has 1 saturated heterocycles. The molecule has 13 heavy (non-hydrogen) atoms. The SMILES string of the molecule is COCC(C)C1(N)CCOC1(C)C. The summed E-state index contributed by atoms with van der Waals surface area (Å²) in [5.74, 6) is 0.329. The molecule has 0 aliphatic carbocycles. The minimum atomic E-state index is -0.247. The monoisotopic (exact) mass is 187 g/mol. The van der Waals surface area contributed by atoms with Crippen LogP contribution in [0.5, 0.6) is 0 Å². The second-order valence-electron chi connectivity index (χ2n) is 4.51. The summed E-state index contributed by atoms with van der Waals surface area (Å²) < 4.78 is 10.8. The van der Waals surface area contributed by atoms with Crippen LogP contribution in [0.2, 0.25) is 0 Å². The summed E-state index contributed by atoms with van der Waals surface area (Å²) in [5, 5.41) is 0. The number of nitrogens with two attached hydrogens (primary N) is 1. The van der Waals surface area contributed by atoms with Crippen molar-refractivity contribution in [1.29, 1.82) is 0 Å². The largest absolute Gasteiger partial charge is 0.384 e. The molecule has 2 atom stereocenters. The second kappa shape index (κ2) is 3.56. The molecule has 1 fully saturated rings. The van der Waals surface area contributed by atoms with Gasteiger partial charge in [0.25, 0.3) is 0 Å². The normalized spacial score (nSPS) is 34.8. The van der Waals surface area contributed by atoms with Crippen molar-refractivity contribution in [3.63, 3.8) is 0 Å². The summed E-state index contributed by atoms with van der Waals surface area (Å²) >= 11 is 0. The molecule has 0 aromatic heterocycles. The van der Waals surface area contributed by atoms with E-state index in [1.165, 1.54) is 0 Å². The van der Waals surface area contributed by atoms with Gasteiger partial charge in [-0.3, -0.25) is 0 Å². The summed E-state index contributed by atoms with van der Waals surface area (Å²) in [6.07, 6.45) is 0.921. The van der Waals surface area contributed by atoms with Crippen molar-refractivity contribution in [2.24, 2.45) is 11.7 Å². The molecule has 1 aliphatic rings. The lowest BCUT2D eigenvalue weighted by Crippen LogP contribution is -2.59. The van der Waals surface area contributed by atoms with Crippen molar-refractivity contribution in [2.45, 2.75) is 38.3 Å². The Bertz CT molecular complexity index is 182. The van der Waals surface area contributed by atoms with Crippen LogP contribution in [0.15, 0.2) is 0 Å². The molecule has 1 rings (SSSR count). The molecule has 0 amide bonds. The quantitative estimate of drug-likeness (QED) is 0.721. The lowest BCUT2D eigenvalue weighted by Gasteiger charge is -2.41. The Hall–Kier alpha value is -0.120. The summed E-state index contributed by atoms with van der Waals surface area (Å²) in [7, 11) is 1.71. The molecule has 3 heteroatoms. The number of ether oxygens (including phenoxy) is 2. The van der Waals surface area contributed by atoms with Gasteiger partial charge in [0.05, 0.1) is 17.7 Å². The van der Waals surface area contributed by atoms with E-state index in [9.17, 15) is 0 Å². The fourth-order valence-corrected chi connectivity index (χ4v) is 2.15.